The van der Waals surface area contributed by atoms with Gasteiger partial charge in [0.25, 0.3) is 0 Å². The monoisotopic (exact) mass is 273 g/mol. The van der Waals surface area contributed by atoms with E-state index in [2.05, 4.69) is 0 Å². The van der Waals surface area contributed by atoms with E-state index in [4.69, 9.17) is 27.8 Å². The molecule has 0 radical (unpaired) electrons. The Bertz CT molecular complexity index is 449. The highest BCUT2D eigenvalue weighted by molar-refractivity contribution is 6.33. The number of hydrogen-bond donors (Lipinski definition) is 2. The summed E-state index contributed by atoms with van der Waals surface area (Å²) >= 11 is 5.83. The van der Waals surface area contributed by atoms with Crippen molar-refractivity contribution in [2.45, 2.75) is 18.9 Å². The zero-order valence-electron chi connectivity index (χ0n) is 10.2. The van der Waals surface area contributed by atoms with Crippen LogP contribution in [0.3, 0.4) is 0 Å². The van der Waals surface area contributed by atoms with Gasteiger partial charge in [0.1, 0.15) is 5.02 Å². The molecule has 0 saturated carbocycles. The number of nitrogens with two attached hydrogens (primary N) is 2. The van der Waals surface area contributed by atoms with E-state index in [0.717, 1.165) is 12.8 Å². The van der Waals surface area contributed by atoms with E-state index in [1.54, 1.807) is 0 Å². The molecule has 1 aromatic rings. The maximum Gasteiger partial charge on any atom is 0.169 e. The smallest absolute Gasteiger partial charge is 0.169 e. The molecule has 0 aromatic heterocycles. The Kier molecular flexibility index (Phi) is 3.82. The highest BCUT2D eigenvalue weighted by Crippen LogP contribution is 2.37. The second kappa shape index (κ2) is 5.20. The lowest BCUT2D eigenvalue weighted by atomic mass is 10.1. The SMILES string of the molecule is CN(c1c(N)cc(N)c(Cl)c1F)C1CCOCC1. The number of rotatable bonds is 2. The van der Waals surface area contributed by atoms with Gasteiger partial charge in [0.15, 0.2) is 5.82 Å². The van der Waals surface area contributed by atoms with Crippen LogP contribution in [0.2, 0.25) is 5.02 Å². The van der Waals surface area contributed by atoms with Crippen molar-refractivity contribution in [2.75, 3.05) is 36.6 Å². The predicted octanol–water partition coefficient (Wildman–Crippen LogP) is 2.26. The van der Waals surface area contributed by atoms with Crippen molar-refractivity contribution in [3.63, 3.8) is 0 Å². The molecule has 0 atom stereocenters. The van der Waals surface area contributed by atoms with Crippen molar-refractivity contribution in [3.05, 3.63) is 16.9 Å². The van der Waals surface area contributed by atoms with Crippen LogP contribution in [-0.4, -0.2) is 26.3 Å². The third-order valence-corrected chi connectivity index (χ3v) is 3.71. The molecule has 4 nitrogen and oxygen atoms in total. The van der Waals surface area contributed by atoms with Gasteiger partial charge < -0.3 is 21.1 Å². The van der Waals surface area contributed by atoms with Gasteiger partial charge in [0.05, 0.1) is 17.1 Å². The summed E-state index contributed by atoms with van der Waals surface area (Å²) in [6.45, 7) is 1.36. The highest BCUT2D eigenvalue weighted by atomic mass is 35.5. The number of nitrogens with zero attached hydrogens (tertiary/aromatic N) is 1. The second-order valence-corrected chi connectivity index (χ2v) is 4.86. The maximum absolute atomic E-state index is 14.2. The molecular weight excluding hydrogens is 257 g/mol. The standard InChI is InChI=1S/C12H17ClFN3O/c1-17(7-2-4-18-5-3-7)12-9(16)6-8(15)10(13)11(12)14/h6-7H,2-5,15-16H2,1H3. The average molecular weight is 274 g/mol. The number of halogens is 2. The van der Waals surface area contributed by atoms with E-state index in [-0.39, 0.29) is 16.8 Å². The summed E-state index contributed by atoms with van der Waals surface area (Å²) < 4.78 is 19.5. The van der Waals surface area contributed by atoms with Crippen LogP contribution in [0, 0.1) is 5.82 Å². The van der Waals surface area contributed by atoms with Gasteiger partial charge in [-0.05, 0) is 18.9 Å². The Balaban J connectivity index is 2.34. The zero-order valence-corrected chi connectivity index (χ0v) is 11.0. The fraction of sp³-hybridized carbons (Fsp3) is 0.500. The molecule has 0 amide bonds. The van der Waals surface area contributed by atoms with E-state index < -0.39 is 5.82 Å². The topological polar surface area (TPSA) is 64.5 Å². The second-order valence-electron chi connectivity index (χ2n) is 4.49. The number of hydrogen-bond acceptors (Lipinski definition) is 4. The minimum atomic E-state index is -0.553. The van der Waals surface area contributed by atoms with Crippen LogP contribution in [0.5, 0.6) is 0 Å². The molecule has 100 valence electrons. The molecule has 1 heterocycles. The Morgan fingerprint density at radius 1 is 1.33 bits per heavy atom. The average Bonchev–Trinajstić information content (AvgIpc) is 2.37. The molecule has 4 N–H and O–H groups in total. The van der Waals surface area contributed by atoms with Crippen LogP contribution < -0.4 is 16.4 Å². The minimum Gasteiger partial charge on any atom is -0.397 e. The zero-order chi connectivity index (χ0) is 13.3. The van der Waals surface area contributed by atoms with Crippen molar-refractivity contribution in [1.82, 2.24) is 0 Å². The Labute approximate surface area is 111 Å². The van der Waals surface area contributed by atoms with E-state index >= 15 is 0 Å². The van der Waals surface area contributed by atoms with Crippen molar-refractivity contribution >= 4 is 28.7 Å². The van der Waals surface area contributed by atoms with Gasteiger partial charge in [-0.2, -0.15) is 0 Å². The van der Waals surface area contributed by atoms with Gasteiger partial charge in [-0.3, -0.25) is 0 Å². The summed E-state index contributed by atoms with van der Waals surface area (Å²) in [4.78, 5) is 1.83. The molecule has 1 fully saturated rings. The molecule has 0 unspecified atom stereocenters. The van der Waals surface area contributed by atoms with E-state index in [0.29, 0.717) is 24.6 Å². The first-order valence-electron chi connectivity index (χ1n) is 5.86. The van der Waals surface area contributed by atoms with Crippen LogP contribution in [0.4, 0.5) is 21.5 Å². The van der Waals surface area contributed by atoms with Crippen LogP contribution in [0.15, 0.2) is 6.07 Å². The largest absolute Gasteiger partial charge is 0.397 e. The van der Waals surface area contributed by atoms with Gasteiger partial charge in [-0.15, -0.1) is 0 Å². The fourth-order valence-corrected chi connectivity index (χ4v) is 2.41. The first-order chi connectivity index (χ1) is 8.52. The normalized spacial score (nSPS) is 16.8. The lowest BCUT2D eigenvalue weighted by molar-refractivity contribution is 0.0854. The summed E-state index contributed by atoms with van der Waals surface area (Å²) in [7, 11) is 1.82. The summed E-state index contributed by atoms with van der Waals surface area (Å²) in [6.07, 6.45) is 1.69. The van der Waals surface area contributed by atoms with E-state index in [1.165, 1.54) is 6.07 Å². The van der Waals surface area contributed by atoms with Crippen molar-refractivity contribution in [2.24, 2.45) is 0 Å². The van der Waals surface area contributed by atoms with Crippen LogP contribution in [0.1, 0.15) is 12.8 Å². The highest BCUT2D eigenvalue weighted by Gasteiger charge is 2.24. The fourth-order valence-electron chi connectivity index (χ4n) is 2.27. The number of benzene rings is 1. The van der Waals surface area contributed by atoms with Gasteiger partial charge in [-0.1, -0.05) is 11.6 Å². The molecule has 1 saturated heterocycles. The first kappa shape index (κ1) is 13.2. The third-order valence-electron chi connectivity index (χ3n) is 3.33. The summed E-state index contributed by atoms with van der Waals surface area (Å²) in [5.74, 6) is -0.553. The van der Waals surface area contributed by atoms with Crippen LogP contribution >= 0.6 is 11.6 Å². The van der Waals surface area contributed by atoms with Crippen LogP contribution in [-0.2, 0) is 4.74 Å². The van der Waals surface area contributed by atoms with Gasteiger partial charge in [0, 0.05) is 26.3 Å². The molecule has 0 bridgehead atoms. The summed E-state index contributed by atoms with van der Waals surface area (Å²) in [6, 6.07) is 1.70. The number of nitrogen functional groups attached to an aromatic ring is 2. The van der Waals surface area contributed by atoms with Crippen molar-refractivity contribution in [3.8, 4) is 0 Å². The third kappa shape index (κ3) is 2.33. The molecule has 18 heavy (non-hydrogen) atoms. The van der Waals surface area contributed by atoms with Crippen LogP contribution in [0.25, 0.3) is 0 Å². The lowest BCUT2D eigenvalue weighted by Crippen LogP contribution is -2.37. The number of ether oxygens (including phenoxy) is 1. The first-order valence-corrected chi connectivity index (χ1v) is 6.23. The number of anilines is 3. The summed E-state index contributed by atoms with van der Waals surface area (Å²) in [5.41, 5.74) is 12.2. The molecule has 1 aromatic carbocycles. The van der Waals surface area contributed by atoms with Crippen molar-refractivity contribution < 1.29 is 9.13 Å². The van der Waals surface area contributed by atoms with Gasteiger partial charge in [-0.25, -0.2) is 4.39 Å². The molecule has 1 aliphatic heterocycles. The Hall–Kier alpha value is -1.20. The van der Waals surface area contributed by atoms with Gasteiger partial charge in [0.2, 0.25) is 0 Å². The lowest BCUT2D eigenvalue weighted by Gasteiger charge is -2.34. The molecular formula is C12H17ClFN3O. The predicted molar refractivity (Wildman–Crippen MR) is 72.5 cm³/mol. The maximum atomic E-state index is 14.2. The molecule has 6 heteroatoms. The molecule has 0 aliphatic carbocycles. The van der Waals surface area contributed by atoms with E-state index in [9.17, 15) is 4.39 Å². The van der Waals surface area contributed by atoms with Crippen molar-refractivity contribution in [1.29, 1.82) is 0 Å². The Morgan fingerprint density at radius 2 is 1.94 bits per heavy atom. The molecule has 0 spiro atoms. The molecule has 1 aliphatic rings. The summed E-state index contributed by atoms with van der Waals surface area (Å²) in [5, 5.41) is -0.0712. The Morgan fingerprint density at radius 3 is 2.56 bits per heavy atom. The van der Waals surface area contributed by atoms with E-state index in [1.807, 2.05) is 11.9 Å². The van der Waals surface area contributed by atoms with Gasteiger partial charge >= 0.3 is 0 Å². The molecule has 2 rings (SSSR count). The minimum absolute atomic E-state index is 0.0712. The quantitative estimate of drug-likeness (QED) is 0.812.